The molecule has 0 unspecified atom stereocenters. The van der Waals surface area contributed by atoms with Crippen LogP contribution in [0.3, 0.4) is 0 Å². The fourth-order valence-electron chi connectivity index (χ4n) is 0.853. The average molecular weight is 311 g/mol. The fraction of sp³-hybridized carbons (Fsp3) is 0.571. The van der Waals surface area contributed by atoms with Crippen LogP contribution in [-0.2, 0) is 6.42 Å². The van der Waals surface area contributed by atoms with Gasteiger partial charge in [-0.15, -0.1) is 5.10 Å². The molecule has 0 aliphatic rings. The number of hydrogen-bond acceptors (Lipinski definition) is 4. The maximum absolute atomic E-state index is 11.5. The van der Waals surface area contributed by atoms with Gasteiger partial charge in [-0.2, -0.15) is 0 Å². The Hall–Kier alpha value is -0.240. The number of amides is 1. The molecule has 1 N–H and O–H groups in total. The number of hydrogen-bond donors (Lipinski definition) is 1. The zero-order valence-corrected chi connectivity index (χ0v) is 10.2. The van der Waals surface area contributed by atoms with E-state index in [1.165, 1.54) is 0 Å². The average Bonchev–Trinajstić information content (AvgIpc) is 2.61. The van der Waals surface area contributed by atoms with Crippen LogP contribution in [0.2, 0.25) is 0 Å². The van der Waals surface area contributed by atoms with Gasteiger partial charge in [0.1, 0.15) is 4.88 Å². The number of carbonyl (C=O) groups is 1. The summed E-state index contributed by atoms with van der Waals surface area (Å²) in [6, 6.07) is 0. The first kappa shape index (κ1) is 10.8. The molecule has 72 valence electrons. The quantitative estimate of drug-likeness (QED) is 0.673. The number of aromatic nitrogens is 2. The number of nitrogens with one attached hydrogen (secondary N) is 1. The van der Waals surface area contributed by atoms with Crippen molar-refractivity contribution in [2.45, 2.75) is 13.3 Å². The molecular weight excluding hydrogens is 301 g/mol. The molecule has 0 radical (unpaired) electrons. The molecule has 0 fully saturated rings. The standard InChI is InChI=1S/C7H10IN3OS/c1-2-5-6(13-11-10-5)7(12)9-4-3-8/h2-4H2,1H3,(H,9,12). The second-order valence-corrected chi connectivity index (χ2v) is 4.18. The van der Waals surface area contributed by atoms with E-state index in [4.69, 9.17) is 0 Å². The van der Waals surface area contributed by atoms with Crippen molar-refractivity contribution in [1.82, 2.24) is 14.9 Å². The minimum absolute atomic E-state index is 0.0523. The maximum Gasteiger partial charge on any atom is 0.264 e. The van der Waals surface area contributed by atoms with Crippen LogP contribution >= 0.6 is 34.1 Å². The van der Waals surface area contributed by atoms with Crippen LogP contribution in [-0.4, -0.2) is 26.5 Å². The Labute approximate surface area is 94.4 Å². The zero-order chi connectivity index (χ0) is 9.68. The predicted octanol–water partition coefficient (Wildman–Crippen LogP) is 1.27. The Bertz CT molecular complexity index is 289. The van der Waals surface area contributed by atoms with E-state index in [1.54, 1.807) is 0 Å². The van der Waals surface area contributed by atoms with Gasteiger partial charge in [-0.25, -0.2) is 0 Å². The molecule has 1 heterocycles. The zero-order valence-electron chi connectivity index (χ0n) is 7.21. The molecule has 0 aliphatic heterocycles. The molecule has 13 heavy (non-hydrogen) atoms. The highest BCUT2D eigenvalue weighted by Crippen LogP contribution is 2.10. The third kappa shape index (κ3) is 2.87. The monoisotopic (exact) mass is 311 g/mol. The first-order valence-corrected chi connectivity index (χ1v) is 6.24. The Balaban J connectivity index is 2.65. The van der Waals surface area contributed by atoms with Crippen LogP contribution in [0, 0.1) is 0 Å². The smallest absolute Gasteiger partial charge is 0.264 e. The van der Waals surface area contributed by atoms with Gasteiger partial charge in [-0.3, -0.25) is 4.79 Å². The van der Waals surface area contributed by atoms with Crippen LogP contribution in [0.25, 0.3) is 0 Å². The van der Waals surface area contributed by atoms with Crippen molar-refractivity contribution in [1.29, 1.82) is 0 Å². The van der Waals surface area contributed by atoms with E-state index in [-0.39, 0.29) is 5.91 Å². The molecule has 0 bridgehead atoms. The van der Waals surface area contributed by atoms with Crippen LogP contribution in [0.5, 0.6) is 0 Å². The summed E-state index contributed by atoms with van der Waals surface area (Å²) in [5.41, 5.74) is 0.788. The van der Waals surface area contributed by atoms with Gasteiger partial charge in [-0.05, 0) is 18.0 Å². The molecule has 0 aromatic carbocycles. The third-order valence-corrected chi connectivity index (χ3v) is 2.78. The summed E-state index contributed by atoms with van der Waals surface area (Å²) in [5, 5.41) is 6.66. The molecule has 0 spiro atoms. The summed E-state index contributed by atoms with van der Waals surface area (Å²) in [4.78, 5) is 12.1. The van der Waals surface area contributed by atoms with Gasteiger partial charge in [0.05, 0.1) is 5.69 Å². The molecule has 4 nitrogen and oxygen atoms in total. The van der Waals surface area contributed by atoms with E-state index < -0.39 is 0 Å². The Morgan fingerprint density at radius 3 is 3.08 bits per heavy atom. The van der Waals surface area contributed by atoms with Crippen LogP contribution in [0.15, 0.2) is 0 Å². The number of rotatable bonds is 4. The summed E-state index contributed by atoms with van der Waals surface area (Å²) in [6.45, 7) is 2.66. The van der Waals surface area contributed by atoms with Gasteiger partial charge >= 0.3 is 0 Å². The second-order valence-electron chi connectivity index (χ2n) is 2.35. The predicted molar refractivity (Wildman–Crippen MR) is 60.5 cm³/mol. The van der Waals surface area contributed by atoms with Gasteiger partial charge in [0.2, 0.25) is 0 Å². The number of nitrogens with zero attached hydrogens (tertiary/aromatic N) is 2. The lowest BCUT2D eigenvalue weighted by atomic mass is 10.3. The van der Waals surface area contributed by atoms with Gasteiger partial charge in [0, 0.05) is 11.0 Å². The summed E-state index contributed by atoms with van der Waals surface area (Å²) in [6.07, 6.45) is 0.753. The highest BCUT2D eigenvalue weighted by atomic mass is 127. The van der Waals surface area contributed by atoms with Gasteiger partial charge < -0.3 is 5.32 Å². The van der Waals surface area contributed by atoms with Gasteiger partial charge in [0.25, 0.3) is 5.91 Å². The maximum atomic E-state index is 11.5. The molecule has 6 heteroatoms. The van der Waals surface area contributed by atoms with E-state index in [2.05, 4.69) is 37.5 Å². The van der Waals surface area contributed by atoms with Crippen LogP contribution < -0.4 is 5.32 Å². The van der Waals surface area contributed by atoms with Crippen molar-refractivity contribution in [2.24, 2.45) is 0 Å². The number of alkyl halides is 1. The molecule has 1 aromatic rings. The van der Waals surface area contributed by atoms with Crippen LogP contribution in [0.1, 0.15) is 22.3 Å². The second kappa shape index (κ2) is 5.48. The Kier molecular flexibility index (Phi) is 4.57. The van der Waals surface area contributed by atoms with E-state index in [0.717, 1.165) is 28.1 Å². The van der Waals surface area contributed by atoms with Gasteiger partial charge in [-0.1, -0.05) is 34.0 Å². The molecule has 1 aromatic heterocycles. The lowest BCUT2D eigenvalue weighted by Crippen LogP contribution is -2.25. The number of carbonyl (C=O) groups excluding carboxylic acids is 1. The molecule has 0 aliphatic carbocycles. The van der Waals surface area contributed by atoms with Gasteiger partial charge in [0.15, 0.2) is 0 Å². The summed E-state index contributed by atoms with van der Waals surface area (Å²) in [5.74, 6) is -0.0523. The lowest BCUT2D eigenvalue weighted by molar-refractivity contribution is 0.0959. The SMILES string of the molecule is CCc1nnsc1C(=O)NCCI. The normalized spacial score (nSPS) is 10.0. The highest BCUT2D eigenvalue weighted by Gasteiger charge is 2.13. The fourth-order valence-corrected chi connectivity index (χ4v) is 1.79. The molecule has 0 saturated carbocycles. The molecule has 0 saturated heterocycles. The Morgan fingerprint density at radius 1 is 1.69 bits per heavy atom. The van der Waals surface area contributed by atoms with Crippen molar-refractivity contribution in [2.75, 3.05) is 11.0 Å². The first-order valence-electron chi connectivity index (χ1n) is 3.95. The number of halogens is 1. The first-order chi connectivity index (χ1) is 6.29. The molecular formula is C7H10IN3OS. The molecule has 0 atom stereocenters. The largest absolute Gasteiger partial charge is 0.350 e. The van der Waals surface area contributed by atoms with Crippen molar-refractivity contribution in [3.8, 4) is 0 Å². The summed E-state index contributed by atoms with van der Waals surface area (Å²) >= 11 is 3.37. The number of aryl methyl sites for hydroxylation is 1. The van der Waals surface area contributed by atoms with E-state index >= 15 is 0 Å². The van der Waals surface area contributed by atoms with E-state index in [9.17, 15) is 4.79 Å². The van der Waals surface area contributed by atoms with Crippen LogP contribution in [0.4, 0.5) is 0 Å². The highest BCUT2D eigenvalue weighted by molar-refractivity contribution is 14.1. The van der Waals surface area contributed by atoms with Crippen molar-refractivity contribution in [3.63, 3.8) is 0 Å². The summed E-state index contributed by atoms with van der Waals surface area (Å²) in [7, 11) is 0. The topological polar surface area (TPSA) is 54.9 Å². The van der Waals surface area contributed by atoms with Crippen molar-refractivity contribution < 1.29 is 4.79 Å². The Morgan fingerprint density at radius 2 is 2.46 bits per heavy atom. The molecule has 1 amide bonds. The minimum atomic E-state index is -0.0523. The summed E-state index contributed by atoms with van der Waals surface area (Å²) < 4.78 is 4.66. The molecule has 1 rings (SSSR count). The van der Waals surface area contributed by atoms with E-state index in [0.29, 0.717) is 11.4 Å². The third-order valence-electron chi connectivity index (χ3n) is 1.48. The lowest BCUT2D eigenvalue weighted by Gasteiger charge is -1.99. The van der Waals surface area contributed by atoms with E-state index in [1.807, 2.05) is 6.92 Å². The minimum Gasteiger partial charge on any atom is -0.350 e. The van der Waals surface area contributed by atoms with Crippen molar-refractivity contribution >= 4 is 40.0 Å². The van der Waals surface area contributed by atoms with Crippen molar-refractivity contribution in [3.05, 3.63) is 10.6 Å².